The number of aryl methyl sites for hydroxylation is 1. The number of rotatable bonds is 0. The first-order chi connectivity index (χ1) is 6.68. The molecule has 2 N–H and O–H groups in total. The topological polar surface area (TPSA) is 35.2 Å². The molecule has 0 radical (unpaired) electrons. The van der Waals surface area contributed by atoms with Gasteiger partial charge in [-0.1, -0.05) is 30.7 Å². The molecule has 0 bridgehead atoms. The third-order valence-electron chi connectivity index (χ3n) is 2.91. The fourth-order valence-electron chi connectivity index (χ4n) is 1.92. The van der Waals surface area contributed by atoms with Crippen LogP contribution in [-0.2, 0) is 11.3 Å². The van der Waals surface area contributed by atoms with Gasteiger partial charge in [-0.15, -0.1) is 0 Å². The fraction of sp³-hybridized carbons (Fsp3) is 0.500. The van der Waals surface area contributed by atoms with Crippen LogP contribution < -0.4 is 5.73 Å². The number of hydrogen-bond donors (Lipinski definition) is 1. The zero-order valence-electron chi connectivity index (χ0n) is 8.79. The summed E-state index contributed by atoms with van der Waals surface area (Å²) < 4.78 is 5.56. The Morgan fingerprint density at radius 2 is 2.21 bits per heavy atom. The first-order valence-electron chi connectivity index (χ1n) is 5.11. The predicted molar refractivity (Wildman–Crippen MR) is 56.9 cm³/mol. The number of benzene rings is 1. The van der Waals surface area contributed by atoms with E-state index >= 15 is 0 Å². The van der Waals surface area contributed by atoms with Gasteiger partial charge in [0.2, 0.25) is 0 Å². The lowest BCUT2D eigenvalue weighted by molar-refractivity contribution is 0.0941. The molecule has 2 unspecified atom stereocenters. The van der Waals surface area contributed by atoms with Crippen LogP contribution in [0.4, 0.5) is 0 Å². The summed E-state index contributed by atoms with van der Waals surface area (Å²) >= 11 is 0. The van der Waals surface area contributed by atoms with Crippen LogP contribution in [0.3, 0.4) is 0 Å². The summed E-state index contributed by atoms with van der Waals surface area (Å²) in [5.41, 5.74) is 9.95. The largest absolute Gasteiger partial charge is 0.376 e. The molecule has 1 aromatic rings. The van der Waals surface area contributed by atoms with E-state index in [2.05, 4.69) is 32.0 Å². The second-order valence-corrected chi connectivity index (χ2v) is 4.22. The number of hydrogen-bond acceptors (Lipinski definition) is 2. The van der Waals surface area contributed by atoms with Crippen molar-refractivity contribution in [2.75, 3.05) is 6.61 Å². The van der Waals surface area contributed by atoms with E-state index in [0.717, 1.165) is 6.61 Å². The van der Waals surface area contributed by atoms with E-state index in [0.29, 0.717) is 12.5 Å². The Kier molecular flexibility index (Phi) is 2.57. The molecule has 1 aliphatic rings. The quantitative estimate of drug-likeness (QED) is 0.682. The maximum atomic E-state index is 6.18. The summed E-state index contributed by atoms with van der Waals surface area (Å²) in [7, 11) is 0. The van der Waals surface area contributed by atoms with Crippen molar-refractivity contribution in [2.24, 2.45) is 11.7 Å². The molecule has 0 amide bonds. The van der Waals surface area contributed by atoms with Crippen LogP contribution in [0.15, 0.2) is 18.2 Å². The van der Waals surface area contributed by atoms with Crippen LogP contribution in [-0.4, -0.2) is 6.61 Å². The van der Waals surface area contributed by atoms with Gasteiger partial charge in [-0.3, -0.25) is 0 Å². The second kappa shape index (κ2) is 3.71. The van der Waals surface area contributed by atoms with Crippen LogP contribution in [0, 0.1) is 12.8 Å². The number of fused-ring (bicyclic) bond motifs is 1. The van der Waals surface area contributed by atoms with Crippen molar-refractivity contribution in [3.63, 3.8) is 0 Å². The van der Waals surface area contributed by atoms with E-state index in [-0.39, 0.29) is 6.04 Å². The monoisotopic (exact) mass is 191 g/mol. The van der Waals surface area contributed by atoms with Crippen LogP contribution in [0.25, 0.3) is 0 Å². The lowest BCUT2D eigenvalue weighted by Crippen LogP contribution is -2.21. The summed E-state index contributed by atoms with van der Waals surface area (Å²) in [6, 6.07) is 6.55. The fourth-order valence-corrected chi connectivity index (χ4v) is 1.92. The molecule has 0 fully saturated rings. The number of ether oxygens (including phenoxy) is 1. The molecular formula is C12H17NO. The molecule has 0 aromatic heterocycles. The van der Waals surface area contributed by atoms with Crippen molar-refractivity contribution in [2.45, 2.75) is 26.5 Å². The van der Waals surface area contributed by atoms with Crippen LogP contribution in [0.2, 0.25) is 0 Å². The van der Waals surface area contributed by atoms with Gasteiger partial charge in [0.25, 0.3) is 0 Å². The molecule has 0 saturated carbocycles. The highest BCUT2D eigenvalue weighted by Gasteiger charge is 2.21. The van der Waals surface area contributed by atoms with E-state index in [1.165, 1.54) is 16.7 Å². The van der Waals surface area contributed by atoms with Gasteiger partial charge >= 0.3 is 0 Å². The standard InChI is InChI=1S/C12H17NO/c1-8-3-4-10-7-14-6-9(2)12(13)11(10)5-8/h3-5,9,12H,6-7,13H2,1-2H3. The first-order valence-corrected chi connectivity index (χ1v) is 5.11. The maximum Gasteiger partial charge on any atom is 0.0720 e. The van der Waals surface area contributed by atoms with Crippen LogP contribution >= 0.6 is 0 Å². The highest BCUT2D eigenvalue weighted by atomic mass is 16.5. The van der Waals surface area contributed by atoms with Crippen molar-refractivity contribution in [1.82, 2.24) is 0 Å². The molecule has 0 saturated heterocycles. The van der Waals surface area contributed by atoms with Crippen molar-refractivity contribution < 1.29 is 4.74 Å². The van der Waals surface area contributed by atoms with Crippen molar-refractivity contribution in [1.29, 1.82) is 0 Å². The minimum atomic E-state index is 0.118. The van der Waals surface area contributed by atoms with Crippen LogP contribution in [0.5, 0.6) is 0 Å². The summed E-state index contributed by atoms with van der Waals surface area (Å²) in [4.78, 5) is 0. The van der Waals surface area contributed by atoms with Crippen molar-refractivity contribution in [3.8, 4) is 0 Å². The SMILES string of the molecule is Cc1ccc2c(c1)C(N)C(C)COC2. The lowest BCUT2D eigenvalue weighted by atomic mass is 9.92. The molecule has 0 aliphatic carbocycles. The zero-order valence-corrected chi connectivity index (χ0v) is 8.79. The predicted octanol–water partition coefficient (Wildman–Crippen LogP) is 2.16. The van der Waals surface area contributed by atoms with Gasteiger partial charge in [-0.05, 0) is 24.0 Å². The van der Waals surface area contributed by atoms with Gasteiger partial charge in [0.05, 0.1) is 13.2 Å². The van der Waals surface area contributed by atoms with Crippen LogP contribution in [0.1, 0.15) is 29.7 Å². The Morgan fingerprint density at radius 3 is 3.00 bits per heavy atom. The summed E-state index contributed by atoms with van der Waals surface area (Å²) in [5, 5.41) is 0. The molecule has 1 heterocycles. The molecule has 2 heteroatoms. The average molecular weight is 191 g/mol. The minimum Gasteiger partial charge on any atom is -0.376 e. The third kappa shape index (κ3) is 1.68. The van der Waals surface area contributed by atoms with Crippen molar-refractivity contribution >= 4 is 0 Å². The number of nitrogens with two attached hydrogens (primary N) is 1. The lowest BCUT2D eigenvalue weighted by Gasteiger charge is -2.18. The van der Waals surface area contributed by atoms with E-state index in [9.17, 15) is 0 Å². The average Bonchev–Trinajstić information content (AvgIpc) is 2.30. The highest BCUT2D eigenvalue weighted by molar-refractivity contribution is 5.34. The smallest absolute Gasteiger partial charge is 0.0720 e. The first kappa shape index (κ1) is 9.69. The molecule has 0 spiro atoms. The van der Waals surface area contributed by atoms with Gasteiger partial charge in [-0.2, -0.15) is 0 Å². The van der Waals surface area contributed by atoms with Gasteiger partial charge < -0.3 is 10.5 Å². The Labute approximate surface area is 85.1 Å². The van der Waals surface area contributed by atoms with Gasteiger partial charge in [0.15, 0.2) is 0 Å². The normalized spacial score (nSPS) is 26.8. The zero-order chi connectivity index (χ0) is 10.1. The molecule has 76 valence electrons. The molecule has 1 aliphatic heterocycles. The second-order valence-electron chi connectivity index (χ2n) is 4.22. The van der Waals surface area contributed by atoms with E-state index in [1.54, 1.807) is 0 Å². The molecule has 2 atom stereocenters. The Bertz CT molecular complexity index is 335. The Balaban J connectivity index is 2.44. The molecule has 14 heavy (non-hydrogen) atoms. The van der Waals surface area contributed by atoms with E-state index < -0.39 is 0 Å². The molecule has 2 nitrogen and oxygen atoms in total. The highest BCUT2D eigenvalue weighted by Crippen LogP contribution is 2.28. The minimum absolute atomic E-state index is 0.118. The summed E-state index contributed by atoms with van der Waals surface area (Å²) in [6.45, 7) is 5.70. The van der Waals surface area contributed by atoms with E-state index in [1.807, 2.05) is 0 Å². The van der Waals surface area contributed by atoms with Gasteiger partial charge in [0, 0.05) is 6.04 Å². The molecule has 2 rings (SSSR count). The Hall–Kier alpha value is -0.860. The summed E-state index contributed by atoms with van der Waals surface area (Å²) in [6.07, 6.45) is 0. The van der Waals surface area contributed by atoms with Gasteiger partial charge in [0.1, 0.15) is 0 Å². The van der Waals surface area contributed by atoms with Gasteiger partial charge in [-0.25, -0.2) is 0 Å². The molecule has 1 aromatic carbocycles. The molecular weight excluding hydrogens is 174 g/mol. The van der Waals surface area contributed by atoms with Crippen molar-refractivity contribution in [3.05, 3.63) is 34.9 Å². The van der Waals surface area contributed by atoms with E-state index in [4.69, 9.17) is 10.5 Å². The third-order valence-corrected chi connectivity index (χ3v) is 2.91. The summed E-state index contributed by atoms with van der Waals surface area (Å²) in [5.74, 6) is 0.401. The Morgan fingerprint density at radius 1 is 1.43 bits per heavy atom. The maximum absolute atomic E-state index is 6.18.